The first-order chi connectivity index (χ1) is 8.60. The van der Waals surface area contributed by atoms with E-state index in [0.717, 1.165) is 5.56 Å². The lowest BCUT2D eigenvalue weighted by atomic mass is 10.0. The van der Waals surface area contributed by atoms with E-state index < -0.39 is 18.2 Å². The highest BCUT2D eigenvalue weighted by Gasteiger charge is 2.29. The van der Waals surface area contributed by atoms with E-state index in [4.69, 9.17) is 4.74 Å². The van der Waals surface area contributed by atoms with E-state index in [2.05, 4.69) is 4.74 Å². The van der Waals surface area contributed by atoms with Gasteiger partial charge in [0.1, 0.15) is 6.10 Å². The Balaban J connectivity index is 2.79. The Kier molecular flexibility index (Phi) is 5.74. The number of carbonyl (C=O) groups is 1. The van der Waals surface area contributed by atoms with Gasteiger partial charge in [0, 0.05) is 7.11 Å². The molecule has 0 saturated heterocycles. The van der Waals surface area contributed by atoms with Crippen molar-refractivity contribution in [2.75, 3.05) is 13.7 Å². The highest BCUT2D eigenvalue weighted by Crippen LogP contribution is 2.21. The fraction of sp³-hybridized carbons (Fsp3) is 0.462. The first kappa shape index (κ1) is 14.6. The second-order valence-corrected chi connectivity index (χ2v) is 3.78. The quantitative estimate of drug-likeness (QED) is 0.788. The summed E-state index contributed by atoms with van der Waals surface area (Å²) in [6.07, 6.45) is -3.61. The van der Waals surface area contributed by atoms with Crippen LogP contribution in [-0.2, 0) is 20.9 Å². The van der Waals surface area contributed by atoms with Crippen LogP contribution in [0.25, 0.3) is 0 Å². The standard InChI is InChI=1S/C13H17FO4/c1-3-18-13(16)11(14)12(15)10-6-4-5-9(7-10)8-17-2/h4-7,11-12,15H,3,8H2,1-2H3. The molecule has 1 aromatic rings. The lowest BCUT2D eigenvalue weighted by molar-refractivity contribution is -0.153. The number of ether oxygens (including phenoxy) is 2. The minimum absolute atomic E-state index is 0.0791. The minimum atomic E-state index is -2.08. The van der Waals surface area contributed by atoms with E-state index >= 15 is 0 Å². The first-order valence-electron chi connectivity index (χ1n) is 5.66. The lowest BCUT2D eigenvalue weighted by Crippen LogP contribution is -2.26. The van der Waals surface area contributed by atoms with Crippen molar-refractivity contribution in [3.8, 4) is 0 Å². The molecule has 0 bridgehead atoms. The largest absolute Gasteiger partial charge is 0.464 e. The maximum absolute atomic E-state index is 13.6. The number of hydrogen-bond donors (Lipinski definition) is 1. The van der Waals surface area contributed by atoms with Crippen molar-refractivity contribution in [2.24, 2.45) is 0 Å². The third-order valence-electron chi connectivity index (χ3n) is 2.39. The molecule has 18 heavy (non-hydrogen) atoms. The molecule has 0 aliphatic rings. The predicted molar refractivity (Wildman–Crippen MR) is 63.6 cm³/mol. The number of carbonyl (C=O) groups excluding carboxylic acids is 1. The normalized spacial score (nSPS) is 14.0. The van der Waals surface area contributed by atoms with Gasteiger partial charge in [-0.3, -0.25) is 0 Å². The molecule has 0 spiro atoms. The third kappa shape index (κ3) is 3.78. The number of aliphatic hydroxyl groups is 1. The Bertz CT molecular complexity index is 394. The molecule has 0 heterocycles. The monoisotopic (exact) mass is 256 g/mol. The summed E-state index contributed by atoms with van der Waals surface area (Å²) < 4.78 is 23.1. The zero-order valence-corrected chi connectivity index (χ0v) is 10.4. The molecule has 0 saturated carbocycles. The van der Waals surface area contributed by atoms with Crippen LogP contribution in [0.4, 0.5) is 4.39 Å². The molecule has 5 heteroatoms. The van der Waals surface area contributed by atoms with Crippen molar-refractivity contribution >= 4 is 5.97 Å². The van der Waals surface area contributed by atoms with E-state index in [-0.39, 0.29) is 6.61 Å². The molecule has 1 N–H and O–H groups in total. The molecule has 4 nitrogen and oxygen atoms in total. The number of esters is 1. The van der Waals surface area contributed by atoms with Crippen LogP contribution >= 0.6 is 0 Å². The summed E-state index contributed by atoms with van der Waals surface area (Å²) in [4.78, 5) is 11.2. The number of aliphatic hydroxyl groups excluding tert-OH is 1. The average Bonchev–Trinajstić information content (AvgIpc) is 2.38. The Morgan fingerprint density at radius 2 is 2.22 bits per heavy atom. The first-order valence-corrected chi connectivity index (χ1v) is 5.66. The maximum Gasteiger partial charge on any atom is 0.343 e. The molecule has 0 fully saturated rings. The van der Waals surface area contributed by atoms with Crippen LogP contribution in [0.5, 0.6) is 0 Å². The van der Waals surface area contributed by atoms with Crippen molar-refractivity contribution < 1.29 is 23.8 Å². The van der Waals surface area contributed by atoms with E-state index in [9.17, 15) is 14.3 Å². The van der Waals surface area contributed by atoms with Gasteiger partial charge in [-0.25, -0.2) is 9.18 Å². The fourth-order valence-corrected chi connectivity index (χ4v) is 1.55. The van der Waals surface area contributed by atoms with Crippen LogP contribution in [-0.4, -0.2) is 31.0 Å². The Morgan fingerprint density at radius 3 is 2.83 bits per heavy atom. The Morgan fingerprint density at radius 1 is 1.50 bits per heavy atom. The summed E-state index contributed by atoms with van der Waals surface area (Å²) in [5, 5.41) is 9.76. The van der Waals surface area contributed by atoms with Crippen LogP contribution < -0.4 is 0 Å². The topological polar surface area (TPSA) is 55.8 Å². The van der Waals surface area contributed by atoms with Crippen LogP contribution in [0.1, 0.15) is 24.2 Å². The molecular weight excluding hydrogens is 239 g/mol. The van der Waals surface area contributed by atoms with Gasteiger partial charge in [0.25, 0.3) is 0 Å². The van der Waals surface area contributed by atoms with Gasteiger partial charge in [0.15, 0.2) is 0 Å². The number of hydrogen-bond acceptors (Lipinski definition) is 4. The molecule has 2 atom stereocenters. The van der Waals surface area contributed by atoms with Crippen molar-refractivity contribution in [3.05, 3.63) is 35.4 Å². The summed E-state index contributed by atoms with van der Waals surface area (Å²) in [7, 11) is 1.54. The molecule has 0 radical (unpaired) electrons. The molecule has 0 amide bonds. The molecule has 1 aromatic carbocycles. The number of alkyl halides is 1. The van der Waals surface area contributed by atoms with Gasteiger partial charge >= 0.3 is 5.97 Å². The number of benzene rings is 1. The van der Waals surface area contributed by atoms with Gasteiger partial charge in [-0.1, -0.05) is 24.3 Å². The van der Waals surface area contributed by atoms with E-state index in [0.29, 0.717) is 12.2 Å². The average molecular weight is 256 g/mol. The van der Waals surface area contributed by atoms with Crippen LogP contribution in [0.3, 0.4) is 0 Å². The van der Waals surface area contributed by atoms with E-state index in [1.165, 1.54) is 0 Å². The Hall–Kier alpha value is -1.46. The summed E-state index contributed by atoms with van der Waals surface area (Å²) >= 11 is 0. The summed E-state index contributed by atoms with van der Waals surface area (Å²) in [5.74, 6) is -1.05. The van der Waals surface area contributed by atoms with Crippen molar-refractivity contribution in [1.82, 2.24) is 0 Å². The van der Waals surface area contributed by atoms with Gasteiger partial charge in [-0.15, -0.1) is 0 Å². The van der Waals surface area contributed by atoms with Gasteiger partial charge in [0.2, 0.25) is 6.17 Å². The SMILES string of the molecule is CCOC(=O)C(F)C(O)c1cccc(COC)c1. The smallest absolute Gasteiger partial charge is 0.343 e. The molecule has 0 aromatic heterocycles. The predicted octanol–water partition coefficient (Wildman–Crippen LogP) is 1.77. The number of methoxy groups -OCH3 is 1. The second-order valence-electron chi connectivity index (χ2n) is 3.78. The number of rotatable bonds is 6. The van der Waals surface area contributed by atoms with Crippen LogP contribution in [0.2, 0.25) is 0 Å². The van der Waals surface area contributed by atoms with Crippen molar-refractivity contribution in [2.45, 2.75) is 25.8 Å². The maximum atomic E-state index is 13.6. The zero-order valence-electron chi connectivity index (χ0n) is 10.4. The number of halogens is 1. The Labute approximate surface area is 105 Å². The summed E-state index contributed by atoms with van der Waals surface area (Å²) in [6.45, 7) is 2.02. The van der Waals surface area contributed by atoms with Crippen molar-refractivity contribution in [1.29, 1.82) is 0 Å². The highest BCUT2D eigenvalue weighted by molar-refractivity contribution is 5.75. The van der Waals surface area contributed by atoms with Gasteiger partial charge < -0.3 is 14.6 Å². The molecule has 100 valence electrons. The van der Waals surface area contributed by atoms with E-state index in [1.807, 2.05) is 0 Å². The minimum Gasteiger partial charge on any atom is -0.464 e. The highest BCUT2D eigenvalue weighted by atomic mass is 19.1. The molecule has 1 rings (SSSR count). The van der Waals surface area contributed by atoms with E-state index in [1.54, 1.807) is 38.3 Å². The van der Waals surface area contributed by atoms with Gasteiger partial charge in [-0.05, 0) is 18.1 Å². The molecule has 0 aliphatic carbocycles. The second kappa shape index (κ2) is 7.08. The molecular formula is C13H17FO4. The van der Waals surface area contributed by atoms with Gasteiger partial charge in [0.05, 0.1) is 13.2 Å². The van der Waals surface area contributed by atoms with Gasteiger partial charge in [-0.2, -0.15) is 0 Å². The molecule has 2 unspecified atom stereocenters. The summed E-state index contributed by atoms with van der Waals surface area (Å²) in [6, 6.07) is 6.61. The van der Waals surface area contributed by atoms with Crippen LogP contribution in [0, 0.1) is 0 Å². The lowest BCUT2D eigenvalue weighted by Gasteiger charge is -2.15. The van der Waals surface area contributed by atoms with Crippen LogP contribution in [0.15, 0.2) is 24.3 Å². The fourth-order valence-electron chi connectivity index (χ4n) is 1.55. The molecule has 0 aliphatic heterocycles. The summed E-state index contributed by atoms with van der Waals surface area (Å²) in [5.41, 5.74) is 1.12. The van der Waals surface area contributed by atoms with Crippen molar-refractivity contribution in [3.63, 3.8) is 0 Å². The zero-order chi connectivity index (χ0) is 13.5. The third-order valence-corrected chi connectivity index (χ3v) is 2.39.